The summed E-state index contributed by atoms with van der Waals surface area (Å²) in [7, 11) is 1.91. The highest BCUT2D eigenvalue weighted by Gasteiger charge is 2.21. The maximum Gasteiger partial charge on any atom is 0.255 e. The van der Waals surface area contributed by atoms with Gasteiger partial charge in [-0.2, -0.15) is 0 Å². The number of fused-ring (bicyclic) bond motifs is 1. The molecule has 1 amide bonds. The number of hydrogen-bond acceptors (Lipinski definition) is 5. The van der Waals surface area contributed by atoms with Crippen molar-refractivity contribution < 1.29 is 4.79 Å². The number of hydrogen-bond donors (Lipinski definition) is 0. The third kappa shape index (κ3) is 3.82. The predicted molar refractivity (Wildman–Crippen MR) is 111 cm³/mol. The van der Waals surface area contributed by atoms with Crippen molar-refractivity contribution in [3.8, 4) is 11.3 Å². The van der Waals surface area contributed by atoms with Crippen molar-refractivity contribution in [2.75, 3.05) is 6.54 Å². The van der Waals surface area contributed by atoms with Gasteiger partial charge in [0, 0.05) is 54.4 Å². The lowest BCUT2D eigenvalue weighted by atomic mass is 10.0. The minimum atomic E-state index is -0.108. The molecular weight excluding hydrogens is 388 g/mol. The van der Waals surface area contributed by atoms with E-state index in [1.807, 2.05) is 30.8 Å². The summed E-state index contributed by atoms with van der Waals surface area (Å²) in [6.07, 6.45) is 8.40. The molecule has 0 atom stereocenters. The van der Waals surface area contributed by atoms with Gasteiger partial charge < -0.3 is 9.47 Å². The van der Waals surface area contributed by atoms with E-state index in [1.165, 1.54) is 6.33 Å². The fourth-order valence-corrected chi connectivity index (χ4v) is 3.34. The molecule has 0 saturated carbocycles. The summed E-state index contributed by atoms with van der Waals surface area (Å²) in [6, 6.07) is 7.14. The van der Waals surface area contributed by atoms with Crippen molar-refractivity contribution in [3.63, 3.8) is 0 Å². The molecule has 146 valence electrons. The number of benzene rings is 1. The molecule has 4 aromatic rings. The lowest BCUT2D eigenvalue weighted by Gasteiger charge is -2.22. The van der Waals surface area contributed by atoms with E-state index in [9.17, 15) is 4.79 Å². The molecule has 3 aromatic heterocycles. The number of carbonyl (C=O) groups excluding carboxylic acids is 1. The molecule has 3 heterocycles. The Hall–Kier alpha value is -3.32. The standard InChI is InChI=1S/C21H19ClN6O/c1-3-28(12-20-25-6-7-27(20)2)21(29)17-9-19(14-10-23-13-24-11-14)26-18-5-4-15(22)8-16(17)18/h4-11,13H,3,12H2,1-2H3. The fourth-order valence-electron chi connectivity index (χ4n) is 3.17. The zero-order valence-corrected chi connectivity index (χ0v) is 16.8. The molecule has 0 aliphatic carbocycles. The van der Waals surface area contributed by atoms with Crippen LogP contribution in [0.4, 0.5) is 0 Å². The van der Waals surface area contributed by atoms with Crippen LogP contribution < -0.4 is 0 Å². The molecule has 0 unspecified atom stereocenters. The second-order valence-electron chi connectivity index (χ2n) is 6.62. The number of pyridine rings is 1. The Morgan fingerprint density at radius 3 is 2.69 bits per heavy atom. The maximum absolute atomic E-state index is 13.5. The Labute approximate surface area is 173 Å². The van der Waals surface area contributed by atoms with Gasteiger partial charge >= 0.3 is 0 Å². The largest absolute Gasteiger partial charge is 0.337 e. The van der Waals surface area contributed by atoms with Gasteiger partial charge in [0.25, 0.3) is 5.91 Å². The number of halogens is 1. The van der Waals surface area contributed by atoms with E-state index in [4.69, 9.17) is 11.6 Å². The third-order valence-corrected chi connectivity index (χ3v) is 5.01. The van der Waals surface area contributed by atoms with E-state index in [0.29, 0.717) is 40.3 Å². The van der Waals surface area contributed by atoms with Crippen LogP contribution in [-0.4, -0.2) is 41.9 Å². The quantitative estimate of drug-likeness (QED) is 0.504. The van der Waals surface area contributed by atoms with Crippen LogP contribution >= 0.6 is 11.6 Å². The minimum Gasteiger partial charge on any atom is -0.337 e. The fraction of sp³-hybridized carbons (Fsp3) is 0.190. The van der Waals surface area contributed by atoms with E-state index < -0.39 is 0 Å². The molecule has 7 nitrogen and oxygen atoms in total. The third-order valence-electron chi connectivity index (χ3n) is 4.78. The molecule has 0 N–H and O–H groups in total. The highest BCUT2D eigenvalue weighted by molar-refractivity contribution is 6.31. The minimum absolute atomic E-state index is 0.108. The smallest absolute Gasteiger partial charge is 0.255 e. The summed E-state index contributed by atoms with van der Waals surface area (Å²) < 4.78 is 1.91. The van der Waals surface area contributed by atoms with Gasteiger partial charge in [-0.25, -0.2) is 19.9 Å². The van der Waals surface area contributed by atoms with Crippen molar-refractivity contribution in [1.82, 2.24) is 29.4 Å². The first-order chi connectivity index (χ1) is 14.1. The number of aromatic nitrogens is 5. The second-order valence-corrected chi connectivity index (χ2v) is 7.05. The molecular formula is C21H19ClN6O. The molecule has 0 aliphatic rings. The number of imidazole rings is 1. The topological polar surface area (TPSA) is 76.8 Å². The van der Waals surface area contributed by atoms with E-state index in [-0.39, 0.29) is 5.91 Å². The summed E-state index contributed by atoms with van der Waals surface area (Å²) >= 11 is 6.22. The van der Waals surface area contributed by atoms with Crippen molar-refractivity contribution in [2.45, 2.75) is 13.5 Å². The van der Waals surface area contributed by atoms with Gasteiger partial charge in [0.15, 0.2) is 0 Å². The van der Waals surface area contributed by atoms with Crippen molar-refractivity contribution in [2.24, 2.45) is 7.05 Å². The van der Waals surface area contributed by atoms with E-state index in [1.54, 1.807) is 41.7 Å². The molecule has 0 saturated heterocycles. The first kappa shape index (κ1) is 19.0. The van der Waals surface area contributed by atoms with Crippen LogP contribution in [0.15, 0.2) is 55.4 Å². The Kier molecular flexibility index (Phi) is 5.22. The monoisotopic (exact) mass is 406 g/mol. The molecule has 0 aliphatic heterocycles. The SMILES string of the molecule is CCN(Cc1nccn1C)C(=O)c1cc(-c2cncnc2)nc2ccc(Cl)cc12. The molecule has 1 aromatic carbocycles. The number of carbonyl (C=O) groups is 1. The first-order valence-electron chi connectivity index (χ1n) is 9.18. The van der Waals surface area contributed by atoms with E-state index in [2.05, 4.69) is 19.9 Å². The summed E-state index contributed by atoms with van der Waals surface area (Å²) in [5, 5.41) is 1.26. The van der Waals surface area contributed by atoms with E-state index in [0.717, 1.165) is 11.4 Å². The maximum atomic E-state index is 13.5. The Bertz CT molecular complexity index is 1170. The van der Waals surface area contributed by atoms with Crippen molar-refractivity contribution >= 4 is 28.4 Å². The predicted octanol–water partition coefficient (Wildman–Crippen LogP) is 3.74. The molecule has 8 heteroatoms. The van der Waals surface area contributed by atoms with Gasteiger partial charge in [0.2, 0.25) is 0 Å². The molecule has 0 spiro atoms. The highest BCUT2D eigenvalue weighted by atomic mass is 35.5. The molecule has 0 fully saturated rings. The zero-order valence-electron chi connectivity index (χ0n) is 16.1. The van der Waals surface area contributed by atoms with Gasteiger partial charge in [0.1, 0.15) is 12.2 Å². The lowest BCUT2D eigenvalue weighted by molar-refractivity contribution is 0.0749. The zero-order chi connectivity index (χ0) is 20.4. The molecule has 0 radical (unpaired) electrons. The summed E-state index contributed by atoms with van der Waals surface area (Å²) in [5.41, 5.74) is 2.60. The summed E-state index contributed by atoms with van der Waals surface area (Å²) in [5.74, 6) is 0.705. The van der Waals surface area contributed by atoms with Crippen LogP contribution in [0, 0.1) is 0 Å². The lowest BCUT2D eigenvalue weighted by Crippen LogP contribution is -2.31. The normalized spacial score (nSPS) is 11.0. The average Bonchev–Trinajstić information content (AvgIpc) is 3.15. The Morgan fingerprint density at radius 2 is 2.00 bits per heavy atom. The molecule has 0 bridgehead atoms. The van der Waals surface area contributed by atoms with Crippen LogP contribution in [0.5, 0.6) is 0 Å². The van der Waals surface area contributed by atoms with Gasteiger partial charge in [-0.1, -0.05) is 11.6 Å². The van der Waals surface area contributed by atoms with Crippen molar-refractivity contribution in [3.05, 3.63) is 71.8 Å². The number of aryl methyl sites for hydroxylation is 1. The second kappa shape index (κ2) is 7.97. The summed E-state index contributed by atoms with van der Waals surface area (Å²) in [4.78, 5) is 32.4. The van der Waals surface area contributed by atoms with Crippen LogP contribution in [0.1, 0.15) is 23.1 Å². The number of amides is 1. The highest BCUT2D eigenvalue weighted by Crippen LogP contribution is 2.27. The van der Waals surface area contributed by atoms with Gasteiger partial charge in [-0.15, -0.1) is 0 Å². The van der Waals surface area contributed by atoms with E-state index >= 15 is 0 Å². The van der Waals surface area contributed by atoms with Gasteiger partial charge in [0.05, 0.1) is 23.3 Å². The van der Waals surface area contributed by atoms with Crippen LogP contribution in [0.3, 0.4) is 0 Å². The Balaban J connectivity index is 1.82. The molecule has 29 heavy (non-hydrogen) atoms. The van der Waals surface area contributed by atoms with Gasteiger partial charge in [-0.05, 0) is 31.2 Å². The average molecular weight is 407 g/mol. The van der Waals surface area contributed by atoms with Gasteiger partial charge in [-0.3, -0.25) is 4.79 Å². The summed E-state index contributed by atoms with van der Waals surface area (Å²) in [6.45, 7) is 2.90. The Morgan fingerprint density at radius 1 is 1.21 bits per heavy atom. The number of nitrogens with zero attached hydrogens (tertiary/aromatic N) is 6. The molecule has 4 rings (SSSR count). The van der Waals surface area contributed by atoms with Crippen molar-refractivity contribution in [1.29, 1.82) is 0 Å². The van der Waals surface area contributed by atoms with Crippen LogP contribution in [0.2, 0.25) is 5.02 Å². The first-order valence-corrected chi connectivity index (χ1v) is 9.55. The number of rotatable bonds is 5. The van der Waals surface area contributed by atoms with Crippen LogP contribution in [-0.2, 0) is 13.6 Å². The van der Waals surface area contributed by atoms with Crippen LogP contribution in [0.25, 0.3) is 22.2 Å².